The Balaban J connectivity index is 1.52. The molecule has 1 aliphatic heterocycles. The lowest BCUT2D eigenvalue weighted by Gasteiger charge is -2.36. The number of fused-ring (bicyclic) bond motifs is 2. The highest BCUT2D eigenvalue weighted by atomic mass is 32.1. The first-order chi connectivity index (χ1) is 12.0. The van der Waals surface area contributed by atoms with Crippen LogP contribution in [0.3, 0.4) is 0 Å². The maximum atomic E-state index is 12.8. The van der Waals surface area contributed by atoms with Gasteiger partial charge >= 0.3 is 0 Å². The zero-order valence-corrected chi connectivity index (χ0v) is 14.1. The van der Waals surface area contributed by atoms with Crippen LogP contribution in [-0.4, -0.2) is 46.7 Å². The Morgan fingerprint density at radius 3 is 2.76 bits per heavy atom. The van der Waals surface area contributed by atoms with Gasteiger partial charge in [-0.3, -0.25) is 10.1 Å². The van der Waals surface area contributed by atoms with Crippen LogP contribution in [0.15, 0.2) is 30.6 Å². The van der Waals surface area contributed by atoms with Gasteiger partial charge < -0.3 is 4.90 Å². The van der Waals surface area contributed by atoms with E-state index in [0.717, 1.165) is 36.3 Å². The summed E-state index contributed by atoms with van der Waals surface area (Å²) >= 11 is 5.58. The summed E-state index contributed by atoms with van der Waals surface area (Å²) in [5.41, 5.74) is 2.93. The van der Waals surface area contributed by atoms with Crippen LogP contribution in [0.5, 0.6) is 0 Å². The van der Waals surface area contributed by atoms with Crippen LogP contribution in [-0.2, 0) is 10.2 Å². The molecule has 2 radical (unpaired) electrons. The van der Waals surface area contributed by atoms with Crippen molar-refractivity contribution < 1.29 is 9.18 Å². The molecule has 2 aromatic rings. The minimum absolute atomic E-state index is 0.0413. The Morgan fingerprint density at radius 1 is 1.36 bits per heavy atom. The van der Waals surface area contributed by atoms with Gasteiger partial charge in [-0.25, -0.2) is 14.4 Å². The molecule has 124 valence electrons. The van der Waals surface area contributed by atoms with E-state index in [9.17, 15) is 9.18 Å². The molecule has 8 heteroatoms. The molecule has 2 heterocycles. The molecule has 0 unspecified atom stereocenters. The maximum Gasteiger partial charge on any atom is 0.246 e. The van der Waals surface area contributed by atoms with Gasteiger partial charge in [0, 0.05) is 17.5 Å². The minimum Gasteiger partial charge on any atom is -0.352 e. The molecule has 1 aromatic heterocycles. The zero-order valence-electron chi connectivity index (χ0n) is 13.3. The van der Waals surface area contributed by atoms with Crippen molar-refractivity contribution in [1.29, 1.82) is 0 Å². The number of amides is 1. The largest absolute Gasteiger partial charge is 0.352 e. The second-order valence-corrected chi connectivity index (χ2v) is 6.91. The van der Waals surface area contributed by atoms with Crippen molar-refractivity contribution in [3.8, 4) is 0 Å². The SMILES string of the molecule is [B]c1ccc2c(c1)C1(CC1)CN(CC(=O)Nc1ncc(F)cn1)C2=S. The first kappa shape index (κ1) is 16.1. The number of nitrogens with one attached hydrogen (secondary N) is 1. The predicted octanol–water partition coefficient (Wildman–Crippen LogP) is 1.07. The van der Waals surface area contributed by atoms with Gasteiger partial charge in [0.15, 0.2) is 5.82 Å². The number of carbonyl (C=O) groups excluding carboxylic acids is 1. The lowest BCUT2D eigenvalue weighted by atomic mass is 9.82. The molecule has 0 bridgehead atoms. The number of thiocarbonyl (C=S) groups is 1. The molecule has 1 fully saturated rings. The van der Waals surface area contributed by atoms with Crippen molar-refractivity contribution in [2.75, 3.05) is 18.4 Å². The summed E-state index contributed by atoms with van der Waals surface area (Å²) in [4.78, 5) is 22.3. The summed E-state index contributed by atoms with van der Waals surface area (Å²) < 4.78 is 12.8. The zero-order chi connectivity index (χ0) is 17.6. The number of nitrogens with zero attached hydrogens (tertiary/aromatic N) is 3. The number of aromatic nitrogens is 2. The summed E-state index contributed by atoms with van der Waals surface area (Å²) in [5, 5.41) is 2.57. The molecular formula is C17H14BFN4OS. The number of hydrogen-bond acceptors (Lipinski definition) is 4. The van der Waals surface area contributed by atoms with Crippen molar-refractivity contribution in [3.05, 3.63) is 47.5 Å². The van der Waals surface area contributed by atoms with Crippen LogP contribution in [0.2, 0.25) is 0 Å². The van der Waals surface area contributed by atoms with E-state index in [1.54, 1.807) is 0 Å². The lowest BCUT2D eigenvalue weighted by Crippen LogP contribution is -2.46. The van der Waals surface area contributed by atoms with Crippen molar-refractivity contribution in [3.63, 3.8) is 0 Å². The van der Waals surface area contributed by atoms with E-state index in [1.807, 2.05) is 23.1 Å². The monoisotopic (exact) mass is 352 g/mol. The summed E-state index contributed by atoms with van der Waals surface area (Å²) in [6, 6.07) is 5.76. The van der Waals surface area contributed by atoms with Crippen molar-refractivity contribution in [1.82, 2.24) is 14.9 Å². The topological polar surface area (TPSA) is 58.1 Å². The van der Waals surface area contributed by atoms with Gasteiger partial charge in [0.2, 0.25) is 11.9 Å². The van der Waals surface area contributed by atoms with Gasteiger partial charge in [0.05, 0.1) is 18.9 Å². The molecule has 1 aliphatic carbocycles. The third kappa shape index (κ3) is 3.02. The van der Waals surface area contributed by atoms with E-state index in [2.05, 4.69) is 15.3 Å². The molecular weight excluding hydrogens is 338 g/mol. The molecule has 1 N–H and O–H groups in total. The fourth-order valence-corrected chi connectivity index (χ4v) is 3.61. The average molecular weight is 352 g/mol. The third-order valence-corrected chi connectivity index (χ3v) is 5.16. The fraction of sp³-hybridized carbons (Fsp3) is 0.294. The van der Waals surface area contributed by atoms with E-state index in [4.69, 9.17) is 20.1 Å². The van der Waals surface area contributed by atoms with Crippen molar-refractivity contribution >= 4 is 42.4 Å². The smallest absolute Gasteiger partial charge is 0.246 e. The normalized spacial score (nSPS) is 17.3. The number of halogens is 1. The number of carbonyl (C=O) groups is 1. The highest BCUT2D eigenvalue weighted by Crippen LogP contribution is 2.52. The van der Waals surface area contributed by atoms with Gasteiger partial charge in [-0.2, -0.15) is 0 Å². The van der Waals surface area contributed by atoms with Crippen molar-refractivity contribution in [2.24, 2.45) is 0 Å². The quantitative estimate of drug-likeness (QED) is 0.662. The summed E-state index contributed by atoms with van der Waals surface area (Å²) in [7, 11) is 5.93. The third-order valence-electron chi connectivity index (χ3n) is 4.69. The predicted molar refractivity (Wildman–Crippen MR) is 96.6 cm³/mol. The Morgan fingerprint density at radius 2 is 2.08 bits per heavy atom. The second-order valence-electron chi connectivity index (χ2n) is 6.52. The molecule has 1 amide bonds. The number of rotatable bonds is 3. The van der Waals surface area contributed by atoms with Crippen LogP contribution in [0.4, 0.5) is 10.3 Å². The highest BCUT2D eigenvalue weighted by Gasteiger charge is 2.50. The first-order valence-corrected chi connectivity index (χ1v) is 8.34. The van der Waals surface area contributed by atoms with Gasteiger partial charge in [-0.1, -0.05) is 35.9 Å². The Bertz CT molecular complexity index is 869. The Hall–Kier alpha value is -2.35. The van der Waals surface area contributed by atoms with E-state index in [-0.39, 0.29) is 23.8 Å². The van der Waals surface area contributed by atoms with Crippen molar-refractivity contribution in [2.45, 2.75) is 18.3 Å². The molecule has 4 rings (SSSR count). The second kappa shape index (κ2) is 5.88. The summed E-state index contributed by atoms with van der Waals surface area (Å²) in [5.74, 6) is -0.769. The summed E-state index contributed by atoms with van der Waals surface area (Å²) in [6.07, 6.45) is 4.14. The van der Waals surface area contributed by atoms with E-state index in [0.29, 0.717) is 11.5 Å². The van der Waals surface area contributed by atoms with Crippen LogP contribution in [0.1, 0.15) is 24.0 Å². The summed E-state index contributed by atoms with van der Waals surface area (Å²) in [6.45, 7) is 0.797. The molecule has 5 nitrogen and oxygen atoms in total. The van der Waals surface area contributed by atoms with Crippen LogP contribution in [0, 0.1) is 5.82 Å². The van der Waals surface area contributed by atoms with Crippen LogP contribution < -0.4 is 10.8 Å². The van der Waals surface area contributed by atoms with Crippen LogP contribution in [0.25, 0.3) is 0 Å². The minimum atomic E-state index is -0.554. The molecule has 1 saturated carbocycles. The molecule has 0 saturated heterocycles. The van der Waals surface area contributed by atoms with Gasteiger partial charge in [0.1, 0.15) is 12.8 Å². The highest BCUT2D eigenvalue weighted by molar-refractivity contribution is 7.80. The Labute approximate surface area is 151 Å². The van der Waals surface area contributed by atoms with E-state index >= 15 is 0 Å². The molecule has 1 aromatic carbocycles. The van der Waals surface area contributed by atoms with Gasteiger partial charge in [-0.15, -0.1) is 0 Å². The number of hydrogen-bond donors (Lipinski definition) is 1. The number of benzene rings is 1. The molecule has 1 spiro atoms. The van der Waals surface area contributed by atoms with Crippen LogP contribution >= 0.6 is 12.2 Å². The lowest BCUT2D eigenvalue weighted by molar-refractivity contribution is -0.116. The van der Waals surface area contributed by atoms with Gasteiger partial charge in [-0.05, 0) is 18.4 Å². The molecule has 0 atom stereocenters. The molecule has 2 aliphatic rings. The van der Waals surface area contributed by atoms with Gasteiger partial charge in [0.25, 0.3) is 0 Å². The van der Waals surface area contributed by atoms with E-state index < -0.39 is 5.82 Å². The first-order valence-electron chi connectivity index (χ1n) is 7.94. The van der Waals surface area contributed by atoms with E-state index in [1.165, 1.54) is 5.56 Å². The fourth-order valence-electron chi connectivity index (χ4n) is 3.30. The number of anilines is 1. The maximum absolute atomic E-state index is 12.8. The standard InChI is InChI=1S/C17H14BFN4OS/c18-10-1-2-12-13(5-10)17(3-4-17)9-23(15(12)25)8-14(24)22-16-20-6-11(19)7-21-16/h1-2,5-7H,3-4,8-9H2,(H,20,21,22,24). The average Bonchev–Trinajstić information content (AvgIpc) is 3.35. The molecule has 25 heavy (non-hydrogen) atoms. The Kier molecular flexibility index (Phi) is 3.79.